The summed E-state index contributed by atoms with van der Waals surface area (Å²) < 4.78 is 12.2. The van der Waals surface area contributed by atoms with Crippen molar-refractivity contribution in [2.45, 2.75) is 19.1 Å². The Labute approximate surface area is 179 Å². The van der Waals surface area contributed by atoms with Crippen LogP contribution in [0.15, 0.2) is 53.0 Å². The maximum absolute atomic E-state index is 12.6. The number of morpholine rings is 1. The number of hydrogen-bond donors (Lipinski definition) is 1. The van der Waals surface area contributed by atoms with E-state index in [1.54, 1.807) is 6.92 Å². The summed E-state index contributed by atoms with van der Waals surface area (Å²) in [6.07, 6.45) is -0.599. The van der Waals surface area contributed by atoms with Crippen molar-refractivity contribution < 1.29 is 14.3 Å². The van der Waals surface area contributed by atoms with E-state index in [4.69, 9.17) is 21.1 Å². The quantitative estimate of drug-likeness (QED) is 0.667. The molecule has 1 saturated heterocycles. The second-order valence-electron chi connectivity index (χ2n) is 6.64. The lowest BCUT2D eigenvalue weighted by Gasteiger charge is -2.35. The summed E-state index contributed by atoms with van der Waals surface area (Å²) in [7, 11) is 0. The second-order valence-corrected chi connectivity index (χ2v) is 7.97. The Morgan fingerprint density at radius 3 is 2.57 bits per heavy atom. The van der Waals surface area contributed by atoms with Crippen LogP contribution >= 0.6 is 27.5 Å². The van der Waals surface area contributed by atoms with Crippen LogP contribution in [0.25, 0.3) is 0 Å². The van der Waals surface area contributed by atoms with Crippen molar-refractivity contribution in [2.75, 3.05) is 32.8 Å². The predicted octanol–water partition coefficient (Wildman–Crippen LogP) is 4.06. The van der Waals surface area contributed by atoms with E-state index in [2.05, 4.69) is 26.1 Å². The molecule has 0 saturated carbocycles. The van der Waals surface area contributed by atoms with Crippen LogP contribution in [0.5, 0.6) is 5.75 Å². The first-order valence-electron chi connectivity index (χ1n) is 9.31. The number of hydrogen-bond acceptors (Lipinski definition) is 4. The van der Waals surface area contributed by atoms with E-state index in [0.717, 1.165) is 23.1 Å². The highest BCUT2D eigenvalue weighted by Gasteiger charge is 2.26. The third-order valence-corrected chi connectivity index (χ3v) is 5.59. The SMILES string of the molecule is CC(Oc1ccc(Br)cc1)C(=O)NCC(c1ccccc1Cl)N1CCOCC1. The van der Waals surface area contributed by atoms with Crippen molar-refractivity contribution in [1.29, 1.82) is 0 Å². The van der Waals surface area contributed by atoms with Gasteiger partial charge in [-0.3, -0.25) is 9.69 Å². The summed E-state index contributed by atoms with van der Waals surface area (Å²) >= 11 is 9.82. The normalized spacial score (nSPS) is 17.0. The molecule has 1 aliphatic rings. The first-order chi connectivity index (χ1) is 13.5. The summed E-state index contributed by atoms with van der Waals surface area (Å²) in [5, 5.41) is 3.72. The second kappa shape index (κ2) is 10.3. The van der Waals surface area contributed by atoms with Gasteiger partial charge in [-0.1, -0.05) is 45.7 Å². The number of benzene rings is 2. The zero-order valence-electron chi connectivity index (χ0n) is 15.7. The average molecular weight is 468 g/mol. The number of amides is 1. The molecule has 2 aromatic carbocycles. The molecule has 2 atom stereocenters. The fraction of sp³-hybridized carbons (Fsp3) is 0.381. The van der Waals surface area contributed by atoms with Crippen LogP contribution in [-0.4, -0.2) is 49.8 Å². The molecular weight excluding hydrogens is 444 g/mol. The van der Waals surface area contributed by atoms with Gasteiger partial charge in [0.1, 0.15) is 5.75 Å². The van der Waals surface area contributed by atoms with Crippen LogP contribution in [0.4, 0.5) is 0 Å². The standard InChI is InChI=1S/C21H24BrClN2O3/c1-15(28-17-8-6-16(22)7-9-17)21(26)24-14-20(25-10-12-27-13-11-25)18-4-2-3-5-19(18)23/h2-9,15,20H,10-14H2,1H3,(H,24,26). The van der Waals surface area contributed by atoms with E-state index >= 15 is 0 Å². The Morgan fingerprint density at radius 1 is 1.21 bits per heavy atom. The fourth-order valence-corrected chi connectivity index (χ4v) is 3.71. The first-order valence-corrected chi connectivity index (χ1v) is 10.5. The number of nitrogens with one attached hydrogen (secondary N) is 1. The van der Waals surface area contributed by atoms with Gasteiger partial charge in [0.25, 0.3) is 5.91 Å². The minimum absolute atomic E-state index is 0.0126. The lowest BCUT2D eigenvalue weighted by Crippen LogP contribution is -2.46. The lowest BCUT2D eigenvalue weighted by atomic mass is 10.0. The summed E-state index contributed by atoms with van der Waals surface area (Å²) in [5.41, 5.74) is 1.01. The van der Waals surface area contributed by atoms with Gasteiger partial charge in [0, 0.05) is 29.1 Å². The van der Waals surface area contributed by atoms with Crippen molar-refractivity contribution in [2.24, 2.45) is 0 Å². The molecular formula is C21H24BrClN2O3. The predicted molar refractivity (Wildman–Crippen MR) is 114 cm³/mol. The number of halogens is 2. The summed E-state index contributed by atoms with van der Waals surface area (Å²) in [5.74, 6) is 0.495. The lowest BCUT2D eigenvalue weighted by molar-refractivity contribution is -0.127. The van der Waals surface area contributed by atoms with Crippen LogP contribution in [0.1, 0.15) is 18.5 Å². The molecule has 0 spiro atoms. The summed E-state index contributed by atoms with van der Waals surface area (Å²) in [4.78, 5) is 14.9. The van der Waals surface area contributed by atoms with Gasteiger partial charge in [-0.05, 0) is 42.8 Å². The monoisotopic (exact) mass is 466 g/mol. The smallest absolute Gasteiger partial charge is 0.260 e. The molecule has 2 aromatic rings. The van der Waals surface area contributed by atoms with Crippen LogP contribution < -0.4 is 10.1 Å². The molecule has 1 amide bonds. The van der Waals surface area contributed by atoms with E-state index in [0.29, 0.717) is 30.5 Å². The number of carbonyl (C=O) groups excluding carboxylic acids is 1. The number of nitrogens with zero attached hydrogens (tertiary/aromatic N) is 1. The van der Waals surface area contributed by atoms with E-state index in [1.165, 1.54) is 0 Å². The molecule has 28 heavy (non-hydrogen) atoms. The van der Waals surface area contributed by atoms with Crippen LogP contribution in [0.3, 0.4) is 0 Å². The van der Waals surface area contributed by atoms with Gasteiger partial charge in [-0.15, -0.1) is 0 Å². The Bertz CT molecular complexity index is 781. The molecule has 0 aliphatic carbocycles. The van der Waals surface area contributed by atoms with Gasteiger partial charge in [-0.2, -0.15) is 0 Å². The van der Waals surface area contributed by atoms with Gasteiger partial charge in [0.2, 0.25) is 0 Å². The Hall–Kier alpha value is -1.60. The van der Waals surface area contributed by atoms with Crippen molar-refractivity contribution in [1.82, 2.24) is 10.2 Å². The minimum atomic E-state index is -0.599. The largest absolute Gasteiger partial charge is 0.481 e. The molecule has 1 fully saturated rings. The maximum atomic E-state index is 12.6. The molecule has 0 radical (unpaired) electrons. The minimum Gasteiger partial charge on any atom is -0.481 e. The molecule has 150 valence electrons. The topological polar surface area (TPSA) is 50.8 Å². The molecule has 1 aliphatic heterocycles. The van der Waals surface area contributed by atoms with Gasteiger partial charge in [0.05, 0.1) is 19.3 Å². The van der Waals surface area contributed by atoms with E-state index < -0.39 is 6.10 Å². The Kier molecular flexibility index (Phi) is 7.73. The van der Waals surface area contributed by atoms with Gasteiger partial charge in [0.15, 0.2) is 6.10 Å². The molecule has 3 rings (SSSR count). The van der Waals surface area contributed by atoms with Gasteiger partial charge < -0.3 is 14.8 Å². The number of carbonyl (C=O) groups is 1. The summed E-state index contributed by atoms with van der Waals surface area (Å²) in [6, 6.07) is 15.2. The molecule has 2 unspecified atom stereocenters. The van der Waals surface area contributed by atoms with Crippen molar-refractivity contribution in [3.63, 3.8) is 0 Å². The fourth-order valence-electron chi connectivity index (χ4n) is 3.18. The van der Waals surface area contributed by atoms with E-state index in [1.807, 2.05) is 48.5 Å². The van der Waals surface area contributed by atoms with Crippen LogP contribution in [0, 0.1) is 0 Å². The van der Waals surface area contributed by atoms with Crippen LogP contribution in [-0.2, 0) is 9.53 Å². The highest BCUT2D eigenvalue weighted by molar-refractivity contribution is 9.10. The maximum Gasteiger partial charge on any atom is 0.260 e. The van der Waals surface area contributed by atoms with Crippen molar-refractivity contribution >= 4 is 33.4 Å². The molecule has 7 heteroatoms. The van der Waals surface area contributed by atoms with E-state index in [9.17, 15) is 4.79 Å². The highest BCUT2D eigenvalue weighted by atomic mass is 79.9. The highest BCUT2D eigenvalue weighted by Crippen LogP contribution is 2.28. The molecule has 1 N–H and O–H groups in total. The average Bonchev–Trinajstić information content (AvgIpc) is 2.71. The van der Waals surface area contributed by atoms with Gasteiger partial charge in [-0.25, -0.2) is 0 Å². The number of rotatable bonds is 7. The third kappa shape index (κ3) is 5.70. The Morgan fingerprint density at radius 2 is 1.89 bits per heavy atom. The van der Waals surface area contributed by atoms with E-state index in [-0.39, 0.29) is 11.9 Å². The molecule has 1 heterocycles. The zero-order valence-corrected chi connectivity index (χ0v) is 18.1. The zero-order chi connectivity index (χ0) is 19.9. The van der Waals surface area contributed by atoms with Gasteiger partial charge >= 0.3 is 0 Å². The molecule has 5 nitrogen and oxygen atoms in total. The van der Waals surface area contributed by atoms with Crippen LogP contribution in [0.2, 0.25) is 5.02 Å². The molecule has 0 aromatic heterocycles. The third-order valence-electron chi connectivity index (χ3n) is 4.72. The molecule has 0 bridgehead atoms. The Balaban J connectivity index is 1.64. The number of ether oxygens (including phenoxy) is 2. The van der Waals surface area contributed by atoms with Crippen molar-refractivity contribution in [3.8, 4) is 5.75 Å². The van der Waals surface area contributed by atoms with Crippen molar-refractivity contribution in [3.05, 3.63) is 63.6 Å². The first kappa shape index (κ1) is 21.1. The summed E-state index contributed by atoms with van der Waals surface area (Å²) in [6.45, 7) is 5.16.